The van der Waals surface area contributed by atoms with Crippen molar-refractivity contribution < 1.29 is 9.59 Å². The van der Waals surface area contributed by atoms with Gasteiger partial charge in [0.1, 0.15) is 5.69 Å². The van der Waals surface area contributed by atoms with Gasteiger partial charge in [-0.3, -0.25) is 14.6 Å². The fourth-order valence-electron chi connectivity index (χ4n) is 2.31. The molecule has 0 aromatic carbocycles. The molecule has 1 aromatic rings. The Kier molecular flexibility index (Phi) is 5.03. The number of hydrogen-bond acceptors (Lipinski definition) is 4. The van der Waals surface area contributed by atoms with Crippen LogP contribution in [0.5, 0.6) is 0 Å². The molecule has 2 heterocycles. The molecule has 108 valence electrons. The van der Waals surface area contributed by atoms with Gasteiger partial charge < -0.3 is 9.80 Å². The van der Waals surface area contributed by atoms with Crippen LogP contribution in [0, 0.1) is 0 Å². The minimum Gasteiger partial charge on any atom is -0.341 e. The lowest BCUT2D eigenvalue weighted by molar-refractivity contribution is -0.131. The normalized spacial score (nSPS) is 15.8. The molecule has 1 aliphatic heterocycles. The summed E-state index contributed by atoms with van der Waals surface area (Å²) >= 11 is 0. The summed E-state index contributed by atoms with van der Waals surface area (Å²) < 4.78 is 0. The molecule has 0 N–H and O–H groups in total. The second kappa shape index (κ2) is 6.98. The lowest BCUT2D eigenvalue weighted by atomic mass is 10.3. The molecule has 20 heavy (non-hydrogen) atoms. The monoisotopic (exact) mass is 276 g/mol. The van der Waals surface area contributed by atoms with Crippen LogP contribution in [0.25, 0.3) is 0 Å². The van der Waals surface area contributed by atoms with Crippen LogP contribution in [0.2, 0.25) is 0 Å². The van der Waals surface area contributed by atoms with Crippen LogP contribution in [0.4, 0.5) is 0 Å². The SMILES string of the molecule is CCCC(=O)N1CCCN(C(=O)c2cnccn2)CC1. The van der Waals surface area contributed by atoms with Crippen LogP contribution >= 0.6 is 0 Å². The lowest BCUT2D eigenvalue weighted by Gasteiger charge is -2.21. The average molecular weight is 276 g/mol. The molecule has 2 rings (SSSR count). The molecule has 6 heteroatoms. The van der Waals surface area contributed by atoms with Gasteiger partial charge in [-0.05, 0) is 12.8 Å². The molecular weight excluding hydrogens is 256 g/mol. The first-order valence-electron chi connectivity index (χ1n) is 7.05. The van der Waals surface area contributed by atoms with Crippen LogP contribution in [0.3, 0.4) is 0 Å². The van der Waals surface area contributed by atoms with Gasteiger partial charge >= 0.3 is 0 Å². The number of aromatic nitrogens is 2. The number of hydrogen-bond donors (Lipinski definition) is 0. The Balaban J connectivity index is 1.96. The van der Waals surface area contributed by atoms with Crippen molar-refractivity contribution in [1.82, 2.24) is 19.8 Å². The first-order chi connectivity index (χ1) is 9.72. The molecule has 0 saturated carbocycles. The van der Waals surface area contributed by atoms with E-state index in [9.17, 15) is 9.59 Å². The number of rotatable bonds is 3. The summed E-state index contributed by atoms with van der Waals surface area (Å²) in [5.41, 5.74) is 0.362. The maximum atomic E-state index is 12.3. The fourth-order valence-corrected chi connectivity index (χ4v) is 2.31. The summed E-state index contributed by atoms with van der Waals surface area (Å²) in [6, 6.07) is 0. The summed E-state index contributed by atoms with van der Waals surface area (Å²) in [7, 11) is 0. The van der Waals surface area contributed by atoms with E-state index in [0.29, 0.717) is 31.7 Å². The number of carbonyl (C=O) groups excluding carboxylic acids is 2. The third-order valence-corrected chi connectivity index (χ3v) is 3.38. The second-order valence-electron chi connectivity index (χ2n) is 4.87. The van der Waals surface area contributed by atoms with E-state index < -0.39 is 0 Å². The highest BCUT2D eigenvalue weighted by atomic mass is 16.2. The Morgan fingerprint density at radius 2 is 1.90 bits per heavy atom. The largest absolute Gasteiger partial charge is 0.341 e. The number of amides is 2. The fraction of sp³-hybridized carbons (Fsp3) is 0.571. The molecule has 0 spiro atoms. The zero-order valence-corrected chi connectivity index (χ0v) is 11.8. The first kappa shape index (κ1) is 14.4. The van der Waals surface area contributed by atoms with Crippen LogP contribution in [-0.2, 0) is 4.79 Å². The predicted octanol–water partition coefficient (Wildman–Crippen LogP) is 0.951. The highest BCUT2D eigenvalue weighted by Gasteiger charge is 2.22. The third-order valence-electron chi connectivity index (χ3n) is 3.38. The Labute approximate surface area is 118 Å². The van der Waals surface area contributed by atoms with Crippen molar-refractivity contribution in [2.75, 3.05) is 26.2 Å². The van der Waals surface area contributed by atoms with Crippen molar-refractivity contribution in [3.8, 4) is 0 Å². The van der Waals surface area contributed by atoms with E-state index in [4.69, 9.17) is 0 Å². The highest BCUT2D eigenvalue weighted by Crippen LogP contribution is 2.08. The second-order valence-corrected chi connectivity index (χ2v) is 4.87. The molecule has 0 atom stereocenters. The summed E-state index contributed by atoms with van der Waals surface area (Å²) in [5.74, 6) is 0.0733. The molecule has 6 nitrogen and oxygen atoms in total. The van der Waals surface area contributed by atoms with Gasteiger partial charge in [0.05, 0.1) is 6.20 Å². The standard InChI is InChI=1S/C14H20N4O2/c1-2-4-13(19)17-7-3-8-18(10-9-17)14(20)12-11-15-5-6-16-12/h5-6,11H,2-4,7-10H2,1H3. The van der Waals surface area contributed by atoms with E-state index in [1.807, 2.05) is 11.8 Å². The van der Waals surface area contributed by atoms with E-state index >= 15 is 0 Å². The van der Waals surface area contributed by atoms with Crippen molar-refractivity contribution >= 4 is 11.8 Å². The summed E-state index contributed by atoms with van der Waals surface area (Å²) in [5, 5.41) is 0. The van der Waals surface area contributed by atoms with E-state index in [-0.39, 0.29) is 11.8 Å². The van der Waals surface area contributed by atoms with Gasteiger partial charge in [0.15, 0.2) is 0 Å². The topological polar surface area (TPSA) is 66.4 Å². The number of nitrogens with zero attached hydrogens (tertiary/aromatic N) is 4. The lowest BCUT2D eigenvalue weighted by Crippen LogP contribution is -2.37. The van der Waals surface area contributed by atoms with Crippen LogP contribution < -0.4 is 0 Å². The average Bonchev–Trinajstić information content (AvgIpc) is 2.73. The van der Waals surface area contributed by atoms with Crippen LogP contribution in [0.15, 0.2) is 18.6 Å². The molecule has 2 amide bonds. The zero-order chi connectivity index (χ0) is 14.4. The summed E-state index contributed by atoms with van der Waals surface area (Å²) in [6.45, 7) is 4.55. The molecule has 1 saturated heterocycles. The molecular formula is C14H20N4O2. The quantitative estimate of drug-likeness (QED) is 0.824. The van der Waals surface area contributed by atoms with Crippen molar-refractivity contribution in [3.63, 3.8) is 0 Å². The van der Waals surface area contributed by atoms with Crippen LogP contribution in [0.1, 0.15) is 36.7 Å². The van der Waals surface area contributed by atoms with Gasteiger partial charge in [0, 0.05) is 45.0 Å². The summed E-state index contributed by atoms with van der Waals surface area (Å²) in [6.07, 6.45) is 6.79. The van der Waals surface area contributed by atoms with Gasteiger partial charge in [0.2, 0.25) is 5.91 Å². The molecule has 0 bridgehead atoms. The molecule has 0 unspecified atom stereocenters. The van der Waals surface area contributed by atoms with Crippen molar-refractivity contribution in [2.24, 2.45) is 0 Å². The molecule has 0 aliphatic carbocycles. The summed E-state index contributed by atoms with van der Waals surface area (Å²) in [4.78, 5) is 35.7. The van der Waals surface area contributed by atoms with Gasteiger partial charge in [-0.1, -0.05) is 6.92 Å². The minimum atomic E-state index is -0.108. The van der Waals surface area contributed by atoms with Crippen LogP contribution in [-0.4, -0.2) is 57.8 Å². The predicted molar refractivity (Wildman–Crippen MR) is 74.0 cm³/mol. The van der Waals surface area contributed by atoms with E-state index in [0.717, 1.165) is 19.4 Å². The maximum absolute atomic E-state index is 12.3. The van der Waals surface area contributed by atoms with E-state index in [2.05, 4.69) is 9.97 Å². The van der Waals surface area contributed by atoms with Gasteiger partial charge in [-0.2, -0.15) is 0 Å². The van der Waals surface area contributed by atoms with Gasteiger partial charge in [-0.25, -0.2) is 4.98 Å². The Hall–Kier alpha value is -1.98. The smallest absolute Gasteiger partial charge is 0.274 e. The zero-order valence-electron chi connectivity index (χ0n) is 11.8. The van der Waals surface area contributed by atoms with Crippen molar-refractivity contribution in [3.05, 3.63) is 24.3 Å². The first-order valence-corrected chi connectivity index (χ1v) is 7.05. The van der Waals surface area contributed by atoms with E-state index in [1.165, 1.54) is 12.4 Å². The molecule has 1 aromatic heterocycles. The van der Waals surface area contributed by atoms with Crippen molar-refractivity contribution in [2.45, 2.75) is 26.2 Å². The Bertz CT molecular complexity index is 464. The van der Waals surface area contributed by atoms with Gasteiger partial charge in [-0.15, -0.1) is 0 Å². The van der Waals surface area contributed by atoms with Gasteiger partial charge in [0.25, 0.3) is 5.91 Å². The Morgan fingerprint density at radius 3 is 2.60 bits per heavy atom. The molecule has 1 fully saturated rings. The maximum Gasteiger partial charge on any atom is 0.274 e. The minimum absolute atomic E-state index is 0.108. The van der Waals surface area contributed by atoms with Crippen molar-refractivity contribution in [1.29, 1.82) is 0 Å². The Morgan fingerprint density at radius 1 is 1.15 bits per heavy atom. The van der Waals surface area contributed by atoms with E-state index in [1.54, 1.807) is 11.1 Å². The third kappa shape index (κ3) is 3.53. The molecule has 1 aliphatic rings. The molecule has 0 radical (unpaired) electrons. The number of carbonyl (C=O) groups is 2. The highest BCUT2D eigenvalue weighted by molar-refractivity contribution is 5.92.